The summed E-state index contributed by atoms with van der Waals surface area (Å²) in [5, 5.41) is 5.53. The molecule has 0 saturated carbocycles. The predicted molar refractivity (Wildman–Crippen MR) is 145 cm³/mol. The number of thiophene rings is 1. The largest absolute Gasteiger partial charge is 0.369 e. The maximum atomic E-state index is 12.7. The van der Waals surface area contributed by atoms with Crippen molar-refractivity contribution < 1.29 is 4.79 Å². The van der Waals surface area contributed by atoms with Crippen molar-refractivity contribution in [3.63, 3.8) is 0 Å². The molecule has 1 amide bonds. The summed E-state index contributed by atoms with van der Waals surface area (Å²) in [4.78, 5) is 17.8. The Hall–Kier alpha value is -2.89. The van der Waals surface area contributed by atoms with Crippen LogP contribution in [-0.2, 0) is 0 Å². The average Bonchev–Trinajstić information content (AvgIpc) is 3.24. The van der Waals surface area contributed by atoms with E-state index in [1.54, 1.807) is 11.3 Å². The third-order valence-electron chi connectivity index (χ3n) is 7.11. The van der Waals surface area contributed by atoms with E-state index in [2.05, 4.69) is 77.5 Å². The molecule has 0 atom stereocenters. The number of amides is 1. The van der Waals surface area contributed by atoms with Gasteiger partial charge in [-0.3, -0.25) is 9.69 Å². The molecule has 0 unspecified atom stereocenters. The first-order valence-electron chi connectivity index (χ1n) is 12.3. The molecule has 1 saturated heterocycles. The molecule has 1 fully saturated rings. The first-order chi connectivity index (χ1) is 16.6. The SMILES string of the molecule is Cc1cccc(N2CCN(CCCCNC(=O)c3ccc4sc5ccccc5c4c3)CC2)c1C. The number of nitrogens with zero attached hydrogens (tertiary/aromatic N) is 2. The van der Waals surface area contributed by atoms with Crippen molar-refractivity contribution in [3.8, 4) is 0 Å². The van der Waals surface area contributed by atoms with Crippen LogP contribution in [0.15, 0.2) is 60.7 Å². The summed E-state index contributed by atoms with van der Waals surface area (Å²) >= 11 is 1.78. The Balaban J connectivity index is 1.06. The van der Waals surface area contributed by atoms with Gasteiger partial charge in [-0.15, -0.1) is 11.3 Å². The van der Waals surface area contributed by atoms with Crippen molar-refractivity contribution in [2.24, 2.45) is 0 Å². The van der Waals surface area contributed by atoms with E-state index in [0.717, 1.165) is 57.7 Å². The second-order valence-electron chi connectivity index (χ2n) is 9.32. The first kappa shape index (κ1) is 22.9. The summed E-state index contributed by atoms with van der Waals surface area (Å²) in [5.74, 6) is 0.0271. The molecule has 3 aromatic carbocycles. The molecule has 1 aliphatic heterocycles. The molecule has 34 heavy (non-hydrogen) atoms. The lowest BCUT2D eigenvalue weighted by molar-refractivity contribution is 0.0952. The molecule has 0 radical (unpaired) electrons. The molecule has 176 valence electrons. The fraction of sp³-hybridized carbons (Fsp3) is 0.345. The smallest absolute Gasteiger partial charge is 0.251 e. The zero-order valence-electron chi connectivity index (χ0n) is 20.1. The van der Waals surface area contributed by atoms with Crippen LogP contribution >= 0.6 is 11.3 Å². The summed E-state index contributed by atoms with van der Waals surface area (Å²) in [6, 6.07) is 21.1. The van der Waals surface area contributed by atoms with Crippen molar-refractivity contribution >= 4 is 43.1 Å². The summed E-state index contributed by atoms with van der Waals surface area (Å²) in [6.07, 6.45) is 2.12. The third-order valence-corrected chi connectivity index (χ3v) is 8.27. The fourth-order valence-electron chi connectivity index (χ4n) is 4.92. The highest BCUT2D eigenvalue weighted by atomic mass is 32.1. The number of unbranched alkanes of at least 4 members (excludes halogenated alkanes) is 1. The van der Waals surface area contributed by atoms with E-state index in [9.17, 15) is 4.79 Å². The zero-order chi connectivity index (χ0) is 23.5. The number of hydrogen-bond donors (Lipinski definition) is 1. The minimum Gasteiger partial charge on any atom is -0.369 e. The van der Waals surface area contributed by atoms with Gasteiger partial charge in [0.05, 0.1) is 0 Å². The Labute approximate surface area is 206 Å². The van der Waals surface area contributed by atoms with Gasteiger partial charge in [0.1, 0.15) is 0 Å². The van der Waals surface area contributed by atoms with Crippen LogP contribution in [0, 0.1) is 13.8 Å². The number of rotatable bonds is 7. The van der Waals surface area contributed by atoms with Crippen LogP contribution in [0.2, 0.25) is 0 Å². The summed E-state index contributed by atoms with van der Waals surface area (Å²) in [5.41, 5.74) is 4.90. The van der Waals surface area contributed by atoms with Crippen molar-refractivity contribution in [1.82, 2.24) is 10.2 Å². The van der Waals surface area contributed by atoms with Crippen molar-refractivity contribution in [3.05, 3.63) is 77.4 Å². The second kappa shape index (κ2) is 10.2. The molecule has 1 aliphatic rings. The highest BCUT2D eigenvalue weighted by Crippen LogP contribution is 2.34. The zero-order valence-corrected chi connectivity index (χ0v) is 21.0. The number of aryl methyl sites for hydroxylation is 1. The number of carbonyl (C=O) groups is 1. The van der Waals surface area contributed by atoms with Gasteiger partial charge in [0.25, 0.3) is 5.91 Å². The summed E-state index contributed by atoms with van der Waals surface area (Å²) < 4.78 is 2.50. The molecule has 2 heterocycles. The minimum absolute atomic E-state index is 0.0271. The van der Waals surface area contributed by atoms with Crippen molar-refractivity contribution in [2.75, 3.05) is 44.2 Å². The Morgan fingerprint density at radius 1 is 0.882 bits per heavy atom. The van der Waals surface area contributed by atoms with Gasteiger partial charge in [0.15, 0.2) is 0 Å². The molecule has 1 N–H and O–H groups in total. The van der Waals surface area contributed by atoms with Gasteiger partial charge >= 0.3 is 0 Å². The van der Waals surface area contributed by atoms with Crippen molar-refractivity contribution in [2.45, 2.75) is 26.7 Å². The van der Waals surface area contributed by atoms with Gasteiger partial charge < -0.3 is 10.2 Å². The molecule has 0 spiro atoms. The molecule has 0 aliphatic carbocycles. The normalized spacial score (nSPS) is 14.7. The lowest BCUT2D eigenvalue weighted by Crippen LogP contribution is -2.47. The van der Waals surface area contributed by atoms with Gasteiger partial charge in [-0.25, -0.2) is 0 Å². The first-order valence-corrected chi connectivity index (χ1v) is 13.1. The van der Waals surface area contributed by atoms with E-state index >= 15 is 0 Å². The summed E-state index contributed by atoms with van der Waals surface area (Å²) in [6.45, 7) is 10.6. The third kappa shape index (κ3) is 4.82. The number of nitrogens with one attached hydrogen (secondary N) is 1. The molecular weight excluding hydrogens is 438 g/mol. The standard InChI is InChI=1S/C29H33N3OS/c1-21-8-7-10-26(22(21)2)32-18-16-31(17-19-32)15-6-5-14-30-29(33)23-12-13-28-25(20-23)24-9-3-4-11-27(24)34-28/h3-4,7-13,20H,5-6,14-19H2,1-2H3,(H,30,33). The number of carbonyl (C=O) groups excluding carboxylic acids is 1. The number of hydrogen-bond acceptors (Lipinski definition) is 4. The van der Waals surface area contributed by atoms with Crippen LogP contribution in [0.1, 0.15) is 34.3 Å². The van der Waals surface area contributed by atoms with Gasteiger partial charge in [0.2, 0.25) is 0 Å². The molecule has 5 rings (SSSR count). The summed E-state index contributed by atoms with van der Waals surface area (Å²) in [7, 11) is 0. The van der Waals surface area contributed by atoms with E-state index in [4.69, 9.17) is 0 Å². The number of fused-ring (bicyclic) bond motifs is 3. The molecule has 5 heteroatoms. The van der Waals surface area contributed by atoms with Crippen LogP contribution in [-0.4, -0.2) is 50.1 Å². The van der Waals surface area contributed by atoms with E-state index in [1.807, 2.05) is 12.1 Å². The Morgan fingerprint density at radius 2 is 1.68 bits per heavy atom. The molecule has 4 aromatic rings. The Morgan fingerprint density at radius 3 is 2.53 bits per heavy atom. The number of anilines is 1. The highest BCUT2D eigenvalue weighted by molar-refractivity contribution is 7.25. The monoisotopic (exact) mass is 471 g/mol. The van der Waals surface area contributed by atoms with E-state index < -0.39 is 0 Å². The second-order valence-corrected chi connectivity index (χ2v) is 10.4. The van der Waals surface area contributed by atoms with E-state index in [0.29, 0.717) is 0 Å². The number of piperazine rings is 1. The highest BCUT2D eigenvalue weighted by Gasteiger charge is 2.18. The van der Waals surface area contributed by atoms with Crippen LogP contribution in [0.4, 0.5) is 5.69 Å². The topological polar surface area (TPSA) is 35.6 Å². The molecule has 4 nitrogen and oxygen atoms in total. The van der Waals surface area contributed by atoms with Gasteiger partial charge in [-0.05, 0) is 74.7 Å². The predicted octanol–water partition coefficient (Wildman–Crippen LogP) is 6.00. The average molecular weight is 472 g/mol. The fourth-order valence-corrected chi connectivity index (χ4v) is 6.01. The van der Waals surface area contributed by atoms with Crippen LogP contribution < -0.4 is 10.2 Å². The van der Waals surface area contributed by atoms with Crippen LogP contribution in [0.5, 0.6) is 0 Å². The lowest BCUT2D eigenvalue weighted by atomic mass is 10.1. The van der Waals surface area contributed by atoms with Gasteiger partial charge in [-0.2, -0.15) is 0 Å². The van der Waals surface area contributed by atoms with Gasteiger partial charge in [0, 0.05) is 64.1 Å². The molecular formula is C29H33N3OS. The van der Waals surface area contributed by atoms with Crippen molar-refractivity contribution in [1.29, 1.82) is 0 Å². The maximum Gasteiger partial charge on any atom is 0.251 e. The lowest BCUT2D eigenvalue weighted by Gasteiger charge is -2.37. The quantitative estimate of drug-likeness (QED) is 0.336. The van der Waals surface area contributed by atoms with E-state index in [-0.39, 0.29) is 5.91 Å². The minimum atomic E-state index is 0.0271. The van der Waals surface area contributed by atoms with Gasteiger partial charge in [-0.1, -0.05) is 30.3 Å². The Kier molecular flexibility index (Phi) is 6.84. The molecule has 0 bridgehead atoms. The van der Waals surface area contributed by atoms with Crippen LogP contribution in [0.25, 0.3) is 20.2 Å². The van der Waals surface area contributed by atoms with Crippen LogP contribution in [0.3, 0.4) is 0 Å². The maximum absolute atomic E-state index is 12.7. The number of benzene rings is 3. The Bertz CT molecular complexity index is 1300. The molecule has 1 aromatic heterocycles. The van der Waals surface area contributed by atoms with E-state index in [1.165, 1.54) is 37.0 Å².